The van der Waals surface area contributed by atoms with Gasteiger partial charge < -0.3 is 9.80 Å². The first-order valence-corrected chi connectivity index (χ1v) is 9.96. The van der Waals surface area contributed by atoms with E-state index in [9.17, 15) is 9.59 Å². The van der Waals surface area contributed by atoms with Crippen LogP contribution >= 0.6 is 0 Å². The average Bonchev–Trinajstić information content (AvgIpc) is 2.72. The second kappa shape index (κ2) is 7.66. The molecular formula is C24H25N3O2. The van der Waals surface area contributed by atoms with Gasteiger partial charge in [0.1, 0.15) is 0 Å². The maximum Gasteiger partial charge on any atom is 0.254 e. The first-order chi connectivity index (χ1) is 13.9. The standard InChI is InChI=1S/C24H25N3O2/c1-16-8-9-19(17(2)14-16)23-15-21(20-6-4-5-7-22(20)25-23)24(29)27-12-10-26(11-13-27)18(3)28/h4-9,14-15H,10-13H2,1-3H3. The third-order valence-electron chi connectivity index (χ3n) is 5.62. The summed E-state index contributed by atoms with van der Waals surface area (Å²) in [7, 11) is 0. The zero-order valence-electron chi connectivity index (χ0n) is 17.1. The molecule has 0 radical (unpaired) electrons. The summed E-state index contributed by atoms with van der Waals surface area (Å²) in [6.07, 6.45) is 0. The predicted octanol–water partition coefficient (Wildman–Crippen LogP) is 3.82. The number of fused-ring (bicyclic) bond motifs is 1. The van der Waals surface area contributed by atoms with Gasteiger partial charge in [0.15, 0.2) is 0 Å². The van der Waals surface area contributed by atoms with E-state index in [0.717, 1.165) is 27.7 Å². The minimum Gasteiger partial charge on any atom is -0.339 e. The highest BCUT2D eigenvalue weighted by Gasteiger charge is 2.25. The Morgan fingerprint density at radius 1 is 0.897 bits per heavy atom. The zero-order valence-corrected chi connectivity index (χ0v) is 17.1. The van der Waals surface area contributed by atoms with Crippen molar-refractivity contribution in [2.24, 2.45) is 0 Å². The van der Waals surface area contributed by atoms with Gasteiger partial charge >= 0.3 is 0 Å². The smallest absolute Gasteiger partial charge is 0.254 e. The normalized spacial score (nSPS) is 14.3. The molecule has 2 heterocycles. The second-order valence-corrected chi connectivity index (χ2v) is 7.69. The number of nitrogens with zero attached hydrogens (tertiary/aromatic N) is 3. The summed E-state index contributed by atoms with van der Waals surface area (Å²) in [6, 6.07) is 16.0. The number of hydrogen-bond donors (Lipinski definition) is 0. The Morgan fingerprint density at radius 3 is 2.28 bits per heavy atom. The molecule has 0 spiro atoms. The Morgan fingerprint density at radius 2 is 1.59 bits per heavy atom. The molecule has 4 rings (SSSR count). The number of aromatic nitrogens is 1. The number of rotatable bonds is 2. The lowest BCUT2D eigenvalue weighted by atomic mass is 9.99. The van der Waals surface area contributed by atoms with Crippen LogP contribution in [0.3, 0.4) is 0 Å². The molecule has 2 aromatic carbocycles. The molecule has 0 atom stereocenters. The van der Waals surface area contributed by atoms with Gasteiger partial charge in [0, 0.05) is 44.1 Å². The van der Waals surface area contributed by atoms with Crippen LogP contribution in [0.5, 0.6) is 0 Å². The third kappa shape index (κ3) is 3.73. The van der Waals surface area contributed by atoms with E-state index >= 15 is 0 Å². The molecule has 1 fully saturated rings. The molecule has 5 heteroatoms. The van der Waals surface area contributed by atoms with E-state index in [1.165, 1.54) is 5.56 Å². The van der Waals surface area contributed by atoms with Gasteiger partial charge in [-0.15, -0.1) is 0 Å². The molecule has 29 heavy (non-hydrogen) atoms. The molecule has 1 aromatic heterocycles. The van der Waals surface area contributed by atoms with Gasteiger partial charge in [-0.1, -0.05) is 42.0 Å². The highest BCUT2D eigenvalue weighted by atomic mass is 16.2. The topological polar surface area (TPSA) is 53.5 Å². The Hall–Kier alpha value is -3.21. The van der Waals surface area contributed by atoms with Crippen molar-refractivity contribution in [3.05, 3.63) is 65.2 Å². The summed E-state index contributed by atoms with van der Waals surface area (Å²) in [5, 5.41) is 0.861. The highest BCUT2D eigenvalue weighted by Crippen LogP contribution is 2.28. The number of carbonyl (C=O) groups is 2. The van der Waals surface area contributed by atoms with Gasteiger partial charge in [-0.05, 0) is 31.5 Å². The molecule has 1 saturated heterocycles. The van der Waals surface area contributed by atoms with Crippen molar-refractivity contribution in [3.63, 3.8) is 0 Å². The summed E-state index contributed by atoms with van der Waals surface area (Å²) in [6.45, 7) is 7.97. The fourth-order valence-corrected chi connectivity index (χ4v) is 3.99. The largest absolute Gasteiger partial charge is 0.339 e. The number of aryl methyl sites for hydroxylation is 2. The summed E-state index contributed by atoms with van der Waals surface area (Å²) in [5.41, 5.74) is 5.68. The van der Waals surface area contributed by atoms with Crippen LogP contribution in [0.25, 0.3) is 22.2 Å². The van der Waals surface area contributed by atoms with E-state index in [2.05, 4.69) is 32.0 Å². The molecule has 2 amide bonds. The summed E-state index contributed by atoms with van der Waals surface area (Å²) < 4.78 is 0. The lowest BCUT2D eigenvalue weighted by Crippen LogP contribution is -2.50. The third-order valence-corrected chi connectivity index (χ3v) is 5.62. The van der Waals surface area contributed by atoms with Crippen LogP contribution in [0.1, 0.15) is 28.4 Å². The Kier molecular flexibility index (Phi) is 5.05. The summed E-state index contributed by atoms with van der Waals surface area (Å²) in [5.74, 6) is 0.0569. The van der Waals surface area contributed by atoms with E-state index in [1.54, 1.807) is 11.8 Å². The molecule has 0 bridgehead atoms. The van der Waals surface area contributed by atoms with Crippen molar-refractivity contribution in [1.82, 2.24) is 14.8 Å². The van der Waals surface area contributed by atoms with Crippen molar-refractivity contribution in [1.29, 1.82) is 0 Å². The average molecular weight is 387 g/mol. The van der Waals surface area contributed by atoms with Crippen LogP contribution in [0.2, 0.25) is 0 Å². The quantitative estimate of drug-likeness (QED) is 0.672. The summed E-state index contributed by atoms with van der Waals surface area (Å²) in [4.78, 5) is 33.5. The van der Waals surface area contributed by atoms with E-state index in [1.807, 2.05) is 35.2 Å². The first kappa shape index (κ1) is 19.1. The lowest BCUT2D eigenvalue weighted by molar-refractivity contribution is -0.130. The van der Waals surface area contributed by atoms with Gasteiger partial charge in [-0.25, -0.2) is 4.98 Å². The molecule has 0 N–H and O–H groups in total. The molecular weight excluding hydrogens is 362 g/mol. The predicted molar refractivity (Wildman–Crippen MR) is 115 cm³/mol. The molecule has 0 saturated carbocycles. The number of pyridine rings is 1. The molecule has 148 valence electrons. The molecule has 1 aliphatic rings. The minimum atomic E-state index is -0.00202. The van der Waals surface area contributed by atoms with Crippen LogP contribution in [0, 0.1) is 13.8 Å². The van der Waals surface area contributed by atoms with Gasteiger partial charge in [0.05, 0.1) is 16.8 Å². The number of benzene rings is 2. The number of para-hydroxylation sites is 1. The molecule has 3 aromatic rings. The van der Waals surface area contributed by atoms with Gasteiger partial charge in [-0.2, -0.15) is 0 Å². The Labute approximate surface area is 171 Å². The second-order valence-electron chi connectivity index (χ2n) is 7.69. The van der Waals surface area contributed by atoms with E-state index < -0.39 is 0 Å². The minimum absolute atomic E-state index is 0.00202. The van der Waals surface area contributed by atoms with Gasteiger partial charge in [-0.3, -0.25) is 9.59 Å². The van der Waals surface area contributed by atoms with Crippen LogP contribution in [0.15, 0.2) is 48.5 Å². The maximum atomic E-state index is 13.4. The van der Waals surface area contributed by atoms with E-state index in [0.29, 0.717) is 31.7 Å². The van der Waals surface area contributed by atoms with E-state index in [4.69, 9.17) is 4.98 Å². The Bertz CT molecular complexity index is 1100. The molecule has 0 unspecified atom stereocenters. The van der Waals surface area contributed by atoms with Crippen molar-refractivity contribution < 1.29 is 9.59 Å². The van der Waals surface area contributed by atoms with Crippen LogP contribution < -0.4 is 0 Å². The van der Waals surface area contributed by atoms with Crippen molar-refractivity contribution in [2.45, 2.75) is 20.8 Å². The molecule has 5 nitrogen and oxygen atoms in total. The van der Waals surface area contributed by atoms with E-state index in [-0.39, 0.29) is 11.8 Å². The monoisotopic (exact) mass is 387 g/mol. The number of hydrogen-bond acceptors (Lipinski definition) is 3. The van der Waals surface area contributed by atoms with Crippen LogP contribution in [-0.4, -0.2) is 52.8 Å². The fraction of sp³-hybridized carbons (Fsp3) is 0.292. The molecule has 1 aliphatic heterocycles. The number of carbonyl (C=O) groups excluding carboxylic acids is 2. The fourth-order valence-electron chi connectivity index (χ4n) is 3.99. The van der Waals surface area contributed by atoms with Crippen molar-refractivity contribution >= 4 is 22.7 Å². The van der Waals surface area contributed by atoms with Crippen LogP contribution in [0.4, 0.5) is 0 Å². The number of piperazine rings is 1. The highest BCUT2D eigenvalue weighted by molar-refractivity contribution is 6.07. The first-order valence-electron chi connectivity index (χ1n) is 9.96. The van der Waals surface area contributed by atoms with Gasteiger partial charge in [0.2, 0.25) is 5.91 Å². The van der Waals surface area contributed by atoms with Gasteiger partial charge in [0.25, 0.3) is 5.91 Å². The van der Waals surface area contributed by atoms with Crippen molar-refractivity contribution in [2.75, 3.05) is 26.2 Å². The van der Waals surface area contributed by atoms with Crippen LogP contribution in [-0.2, 0) is 4.79 Å². The number of amides is 2. The van der Waals surface area contributed by atoms with Crippen molar-refractivity contribution in [3.8, 4) is 11.3 Å². The SMILES string of the molecule is CC(=O)N1CCN(C(=O)c2cc(-c3ccc(C)cc3C)nc3ccccc23)CC1. The lowest BCUT2D eigenvalue weighted by Gasteiger charge is -2.34. The zero-order chi connectivity index (χ0) is 20.5. The maximum absolute atomic E-state index is 13.4. The Balaban J connectivity index is 1.75. The summed E-state index contributed by atoms with van der Waals surface area (Å²) >= 11 is 0. The molecule has 0 aliphatic carbocycles.